The third kappa shape index (κ3) is 3.34. The van der Waals surface area contributed by atoms with Gasteiger partial charge in [0, 0.05) is 17.7 Å². The summed E-state index contributed by atoms with van der Waals surface area (Å²) < 4.78 is 19.6. The monoisotopic (exact) mass is 355 g/mol. The van der Waals surface area contributed by atoms with Crippen LogP contribution in [0.5, 0.6) is 5.75 Å². The third-order valence-electron chi connectivity index (χ3n) is 4.72. The molecule has 26 heavy (non-hydrogen) atoms. The van der Waals surface area contributed by atoms with E-state index in [0.717, 1.165) is 22.4 Å². The number of nitrogens with one attached hydrogen (secondary N) is 1. The second-order valence-corrected chi connectivity index (χ2v) is 6.97. The molecule has 1 aliphatic carbocycles. The summed E-state index contributed by atoms with van der Waals surface area (Å²) in [5.41, 5.74) is 4.50. The average molecular weight is 355 g/mol. The maximum atomic E-state index is 14.0. The van der Waals surface area contributed by atoms with Crippen LogP contribution in [0.2, 0.25) is 0 Å². The van der Waals surface area contributed by atoms with Crippen LogP contribution in [0.4, 0.5) is 10.1 Å². The summed E-state index contributed by atoms with van der Waals surface area (Å²) in [4.78, 5) is 24.5. The van der Waals surface area contributed by atoms with Gasteiger partial charge in [-0.1, -0.05) is 24.6 Å². The van der Waals surface area contributed by atoms with Crippen molar-refractivity contribution in [3.63, 3.8) is 0 Å². The minimum absolute atomic E-state index is 0.146. The highest BCUT2D eigenvalue weighted by molar-refractivity contribution is 6.04. The molecule has 0 bridgehead atoms. The highest BCUT2D eigenvalue weighted by Gasteiger charge is 2.32. The average Bonchev–Trinajstić information content (AvgIpc) is 2.86. The molecular formula is C21H22FNO3. The number of amides is 1. The molecule has 2 aromatic rings. The van der Waals surface area contributed by atoms with Crippen LogP contribution < -0.4 is 10.1 Å². The van der Waals surface area contributed by atoms with Crippen molar-refractivity contribution in [1.82, 2.24) is 0 Å². The van der Waals surface area contributed by atoms with Gasteiger partial charge in [0.25, 0.3) is 5.91 Å². The lowest BCUT2D eigenvalue weighted by atomic mass is 10.0. The van der Waals surface area contributed by atoms with Crippen molar-refractivity contribution in [2.24, 2.45) is 0 Å². The Morgan fingerprint density at radius 3 is 2.54 bits per heavy atom. The molecule has 1 amide bonds. The van der Waals surface area contributed by atoms with Crippen LogP contribution in [0, 0.1) is 26.6 Å². The van der Waals surface area contributed by atoms with E-state index in [4.69, 9.17) is 4.74 Å². The van der Waals surface area contributed by atoms with E-state index in [1.165, 1.54) is 12.1 Å². The normalized spacial score (nSPS) is 15.7. The highest BCUT2D eigenvalue weighted by Crippen LogP contribution is 2.39. The van der Waals surface area contributed by atoms with Crippen LogP contribution in [0.3, 0.4) is 0 Å². The Hall–Kier alpha value is -2.69. The van der Waals surface area contributed by atoms with Crippen LogP contribution in [-0.2, 0) is 4.79 Å². The van der Waals surface area contributed by atoms with Crippen molar-refractivity contribution >= 4 is 17.4 Å². The topological polar surface area (TPSA) is 55.4 Å². The first-order chi connectivity index (χ1) is 12.3. The van der Waals surface area contributed by atoms with Gasteiger partial charge < -0.3 is 10.1 Å². The van der Waals surface area contributed by atoms with Gasteiger partial charge in [-0.2, -0.15) is 0 Å². The number of rotatable bonds is 4. The number of carbonyl (C=O) groups is 2. The van der Waals surface area contributed by atoms with Gasteiger partial charge in [0.15, 0.2) is 12.4 Å². The van der Waals surface area contributed by atoms with Gasteiger partial charge in [0.2, 0.25) is 0 Å². The zero-order valence-corrected chi connectivity index (χ0v) is 15.4. The van der Waals surface area contributed by atoms with Gasteiger partial charge >= 0.3 is 0 Å². The Labute approximate surface area is 152 Å². The third-order valence-corrected chi connectivity index (χ3v) is 4.72. The Morgan fingerprint density at radius 1 is 1.23 bits per heavy atom. The molecule has 1 N–H and O–H groups in total. The number of aryl methyl sites for hydroxylation is 3. The molecule has 4 nitrogen and oxygen atoms in total. The van der Waals surface area contributed by atoms with Crippen molar-refractivity contribution in [3.05, 3.63) is 57.9 Å². The highest BCUT2D eigenvalue weighted by atomic mass is 19.1. The molecule has 0 fully saturated rings. The van der Waals surface area contributed by atoms with E-state index >= 15 is 0 Å². The van der Waals surface area contributed by atoms with Crippen LogP contribution in [-0.4, -0.2) is 18.3 Å². The van der Waals surface area contributed by atoms with Crippen molar-refractivity contribution in [2.75, 3.05) is 11.9 Å². The zero-order valence-electron chi connectivity index (χ0n) is 15.4. The number of halogens is 1. The Morgan fingerprint density at radius 2 is 1.88 bits per heavy atom. The number of Topliss-reactive ketones (excluding diaryl/α,β-unsaturated/α-hetero) is 1. The van der Waals surface area contributed by atoms with Gasteiger partial charge in [0.05, 0.1) is 5.56 Å². The number of ketones is 1. The summed E-state index contributed by atoms with van der Waals surface area (Å²) in [6, 6.07) is 6.70. The maximum absolute atomic E-state index is 14.0. The number of hydrogen-bond donors (Lipinski definition) is 1. The first-order valence-electron chi connectivity index (χ1n) is 8.64. The van der Waals surface area contributed by atoms with Crippen LogP contribution in [0.15, 0.2) is 24.3 Å². The van der Waals surface area contributed by atoms with Crippen molar-refractivity contribution in [2.45, 2.75) is 40.0 Å². The van der Waals surface area contributed by atoms with E-state index in [-0.39, 0.29) is 41.9 Å². The number of carbonyl (C=O) groups excluding carboxylic acids is 2. The Bertz CT molecular complexity index is 881. The largest absolute Gasteiger partial charge is 0.483 e. The smallest absolute Gasteiger partial charge is 0.262 e. The first-order valence-corrected chi connectivity index (χ1v) is 8.64. The van der Waals surface area contributed by atoms with E-state index < -0.39 is 5.82 Å². The molecule has 0 saturated carbocycles. The standard InChI is InChI=1S/C21H22FNO3/c1-11-7-13(3)21(14(4)8-11)23-18(25)10-26-17-6-5-15(22)19-12(2)9-16(24)20(17)19/h5-8,12H,9-10H2,1-4H3,(H,23,25)/t12-/m0/s1. The second-order valence-electron chi connectivity index (χ2n) is 6.97. The van der Waals surface area contributed by atoms with Crippen molar-refractivity contribution in [3.8, 4) is 5.75 Å². The molecule has 5 heteroatoms. The predicted molar refractivity (Wildman–Crippen MR) is 98.5 cm³/mol. The fourth-order valence-electron chi connectivity index (χ4n) is 3.64. The summed E-state index contributed by atoms with van der Waals surface area (Å²) in [5.74, 6) is -0.777. The van der Waals surface area contributed by atoms with Crippen molar-refractivity contribution in [1.29, 1.82) is 0 Å². The second kappa shape index (κ2) is 6.90. The number of ether oxygens (including phenoxy) is 1. The lowest BCUT2D eigenvalue weighted by molar-refractivity contribution is -0.118. The minimum Gasteiger partial charge on any atom is -0.483 e. The van der Waals surface area contributed by atoms with E-state index in [0.29, 0.717) is 5.56 Å². The van der Waals surface area contributed by atoms with Crippen LogP contribution >= 0.6 is 0 Å². The first kappa shape index (κ1) is 18.1. The fourth-order valence-corrected chi connectivity index (χ4v) is 3.64. The summed E-state index contributed by atoms with van der Waals surface area (Å²) >= 11 is 0. The summed E-state index contributed by atoms with van der Waals surface area (Å²) in [5, 5.41) is 2.85. The number of benzene rings is 2. The predicted octanol–water partition coefficient (Wildman–Crippen LogP) is 4.46. The Balaban J connectivity index is 1.75. The van der Waals surface area contributed by atoms with Crippen molar-refractivity contribution < 1.29 is 18.7 Å². The van der Waals surface area contributed by atoms with E-state index in [1.54, 1.807) is 0 Å². The number of hydrogen-bond acceptors (Lipinski definition) is 3. The molecule has 0 saturated heterocycles. The van der Waals surface area contributed by atoms with Crippen LogP contribution in [0.25, 0.3) is 0 Å². The molecule has 0 aromatic heterocycles. The van der Waals surface area contributed by atoms with E-state index in [1.807, 2.05) is 39.8 Å². The van der Waals surface area contributed by atoms with Gasteiger partial charge in [0.1, 0.15) is 11.6 Å². The summed E-state index contributed by atoms with van der Waals surface area (Å²) in [6.45, 7) is 7.44. The molecule has 0 radical (unpaired) electrons. The lowest BCUT2D eigenvalue weighted by Gasteiger charge is -2.14. The Kier molecular flexibility index (Phi) is 4.81. The van der Waals surface area contributed by atoms with Gasteiger partial charge in [-0.25, -0.2) is 4.39 Å². The zero-order chi connectivity index (χ0) is 19.0. The van der Waals surface area contributed by atoms with Gasteiger partial charge in [-0.3, -0.25) is 9.59 Å². The maximum Gasteiger partial charge on any atom is 0.262 e. The lowest BCUT2D eigenvalue weighted by Crippen LogP contribution is -2.22. The number of anilines is 1. The molecule has 1 aliphatic rings. The summed E-state index contributed by atoms with van der Waals surface area (Å²) in [6.07, 6.45) is 0.264. The minimum atomic E-state index is -0.402. The molecule has 0 unspecified atom stereocenters. The molecule has 2 aromatic carbocycles. The molecule has 1 atom stereocenters. The quantitative estimate of drug-likeness (QED) is 0.881. The molecule has 0 spiro atoms. The van der Waals surface area contributed by atoms with Crippen LogP contribution in [0.1, 0.15) is 51.9 Å². The fraction of sp³-hybridized carbons (Fsp3) is 0.333. The molecular weight excluding hydrogens is 333 g/mol. The van der Waals surface area contributed by atoms with Gasteiger partial charge in [-0.15, -0.1) is 0 Å². The molecule has 0 heterocycles. The molecule has 0 aliphatic heterocycles. The molecule has 136 valence electrons. The molecule has 3 rings (SSSR count). The summed E-state index contributed by atoms with van der Waals surface area (Å²) in [7, 11) is 0. The SMILES string of the molecule is Cc1cc(C)c(NC(=O)COc2ccc(F)c3c2C(=O)C[C@@H]3C)c(C)c1. The van der Waals surface area contributed by atoms with E-state index in [2.05, 4.69) is 5.32 Å². The van der Waals surface area contributed by atoms with E-state index in [9.17, 15) is 14.0 Å². The number of fused-ring (bicyclic) bond motifs is 1. The van der Waals surface area contributed by atoms with Gasteiger partial charge in [-0.05, 0) is 49.9 Å².